The molecule has 0 aliphatic rings. The molecule has 2 aromatic carbocycles. The maximum absolute atomic E-state index is 12.9. The van der Waals surface area contributed by atoms with Crippen LogP contribution in [0.15, 0.2) is 66.9 Å². The minimum absolute atomic E-state index is 0.226. The van der Waals surface area contributed by atoms with E-state index in [-0.39, 0.29) is 18.3 Å². The first-order chi connectivity index (χ1) is 12.1. The second-order valence-corrected chi connectivity index (χ2v) is 5.66. The predicted molar refractivity (Wildman–Crippen MR) is 94.4 cm³/mol. The molecular formula is C19H14ClFN2O2. The highest BCUT2D eigenvalue weighted by molar-refractivity contribution is 6.30. The summed E-state index contributed by atoms with van der Waals surface area (Å²) in [7, 11) is 0. The minimum Gasteiger partial charge on any atom is -0.488 e. The van der Waals surface area contributed by atoms with E-state index in [0.29, 0.717) is 22.2 Å². The van der Waals surface area contributed by atoms with Gasteiger partial charge in [0, 0.05) is 6.20 Å². The van der Waals surface area contributed by atoms with Gasteiger partial charge in [-0.05, 0) is 42.0 Å². The molecule has 6 heteroatoms. The molecule has 0 aliphatic carbocycles. The second-order valence-electron chi connectivity index (χ2n) is 5.23. The maximum Gasteiger partial charge on any atom is 0.260 e. The molecule has 1 heterocycles. The van der Waals surface area contributed by atoms with Crippen LogP contribution < -0.4 is 10.1 Å². The number of carbonyl (C=O) groups is 1. The van der Waals surface area contributed by atoms with Crippen LogP contribution in [0.2, 0.25) is 5.02 Å². The quantitative estimate of drug-likeness (QED) is 0.720. The third-order valence-corrected chi connectivity index (χ3v) is 3.63. The Hall–Kier alpha value is -2.92. The highest BCUT2D eigenvalue weighted by atomic mass is 35.5. The normalized spacial score (nSPS) is 10.3. The van der Waals surface area contributed by atoms with Gasteiger partial charge < -0.3 is 10.1 Å². The molecule has 3 aromatic rings. The summed E-state index contributed by atoms with van der Waals surface area (Å²) in [6.07, 6.45) is 1.45. The van der Waals surface area contributed by atoms with Gasteiger partial charge in [-0.25, -0.2) is 9.37 Å². The molecule has 0 saturated heterocycles. The lowest BCUT2D eigenvalue weighted by Crippen LogP contribution is -2.14. The van der Waals surface area contributed by atoms with Gasteiger partial charge in [-0.3, -0.25) is 4.79 Å². The highest BCUT2D eigenvalue weighted by Gasteiger charge is 2.13. The Morgan fingerprint density at radius 2 is 1.84 bits per heavy atom. The van der Waals surface area contributed by atoms with E-state index in [1.54, 1.807) is 48.5 Å². The predicted octanol–water partition coefficient (Wildman–Crippen LogP) is 4.71. The van der Waals surface area contributed by atoms with Crippen LogP contribution in [-0.2, 0) is 6.61 Å². The molecule has 0 atom stereocenters. The molecule has 1 N–H and O–H groups in total. The molecule has 1 aromatic heterocycles. The largest absolute Gasteiger partial charge is 0.488 e. The molecule has 0 saturated carbocycles. The fraction of sp³-hybridized carbons (Fsp3) is 0.0526. The summed E-state index contributed by atoms with van der Waals surface area (Å²) in [5.41, 5.74) is 1.18. The summed E-state index contributed by atoms with van der Waals surface area (Å²) in [6.45, 7) is 0.226. The molecule has 0 bridgehead atoms. The molecule has 126 valence electrons. The minimum atomic E-state index is -0.343. The summed E-state index contributed by atoms with van der Waals surface area (Å²) in [6, 6.07) is 16.1. The van der Waals surface area contributed by atoms with Crippen molar-refractivity contribution in [3.05, 3.63) is 88.8 Å². The number of carbonyl (C=O) groups excluding carboxylic acids is 1. The van der Waals surface area contributed by atoms with Crippen molar-refractivity contribution >= 4 is 23.3 Å². The van der Waals surface area contributed by atoms with Gasteiger partial charge in [0.1, 0.15) is 24.0 Å². The zero-order chi connectivity index (χ0) is 17.6. The molecule has 0 unspecified atom stereocenters. The molecule has 0 fully saturated rings. The van der Waals surface area contributed by atoms with Crippen molar-refractivity contribution in [2.24, 2.45) is 0 Å². The van der Waals surface area contributed by atoms with Crippen molar-refractivity contribution < 1.29 is 13.9 Å². The smallest absolute Gasteiger partial charge is 0.260 e. The average molecular weight is 357 g/mol. The molecule has 0 spiro atoms. The van der Waals surface area contributed by atoms with Gasteiger partial charge in [0.2, 0.25) is 0 Å². The Labute approximate surface area is 149 Å². The number of ether oxygens (including phenoxy) is 1. The lowest BCUT2D eigenvalue weighted by Gasteiger charge is -2.11. The van der Waals surface area contributed by atoms with Crippen molar-refractivity contribution in [3.8, 4) is 5.75 Å². The van der Waals surface area contributed by atoms with Gasteiger partial charge in [0.25, 0.3) is 5.91 Å². The van der Waals surface area contributed by atoms with Crippen LogP contribution in [-0.4, -0.2) is 10.9 Å². The number of anilines is 1. The van der Waals surface area contributed by atoms with E-state index in [2.05, 4.69) is 10.3 Å². The number of aromatic nitrogens is 1. The van der Waals surface area contributed by atoms with Gasteiger partial charge in [-0.2, -0.15) is 0 Å². The Bertz CT molecular complexity index is 867. The highest BCUT2D eigenvalue weighted by Crippen LogP contribution is 2.21. The lowest BCUT2D eigenvalue weighted by atomic mass is 10.2. The average Bonchev–Trinajstić information content (AvgIpc) is 2.63. The Morgan fingerprint density at radius 3 is 2.56 bits per heavy atom. The molecule has 3 rings (SSSR count). The Kier molecular flexibility index (Phi) is 5.26. The molecule has 0 aliphatic heterocycles. The first-order valence-electron chi connectivity index (χ1n) is 7.51. The SMILES string of the molecule is O=C(Nc1ccc(Cl)cn1)c1ccccc1OCc1ccc(F)cc1. The second kappa shape index (κ2) is 7.77. The molecule has 1 amide bonds. The number of amides is 1. The zero-order valence-corrected chi connectivity index (χ0v) is 13.8. The summed E-state index contributed by atoms with van der Waals surface area (Å²) in [5, 5.41) is 3.18. The Morgan fingerprint density at radius 1 is 1.08 bits per heavy atom. The van der Waals surface area contributed by atoms with E-state index in [1.807, 2.05) is 0 Å². The maximum atomic E-state index is 12.9. The molecule has 0 radical (unpaired) electrons. The van der Waals surface area contributed by atoms with E-state index >= 15 is 0 Å². The van der Waals surface area contributed by atoms with Crippen LogP contribution in [0.3, 0.4) is 0 Å². The van der Waals surface area contributed by atoms with E-state index in [0.717, 1.165) is 5.56 Å². The summed E-state index contributed by atoms with van der Waals surface area (Å²) in [4.78, 5) is 16.5. The van der Waals surface area contributed by atoms with Crippen LogP contribution >= 0.6 is 11.6 Å². The van der Waals surface area contributed by atoms with E-state index in [1.165, 1.54) is 18.3 Å². The number of pyridine rings is 1. The van der Waals surface area contributed by atoms with E-state index < -0.39 is 0 Å². The van der Waals surface area contributed by atoms with Gasteiger partial charge in [-0.1, -0.05) is 35.9 Å². The number of para-hydroxylation sites is 1. The zero-order valence-electron chi connectivity index (χ0n) is 13.1. The van der Waals surface area contributed by atoms with Crippen molar-refractivity contribution in [1.82, 2.24) is 4.98 Å². The van der Waals surface area contributed by atoms with Crippen molar-refractivity contribution in [2.45, 2.75) is 6.61 Å². The van der Waals surface area contributed by atoms with Gasteiger partial charge >= 0.3 is 0 Å². The topological polar surface area (TPSA) is 51.2 Å². The monoisotopic (exact) mass is 356 g/mol. The number of benzene rings is 2. The number of nitrogens with zero attached hydrogens (tertiary/aromatic N) is 1. The molecule has 25 heavy (non-hydrogen) atoms. The molecule has 4 nitrogen and oxygen atoms in total. The number of hydrogen-bond acceptors (Lipinski definition) is 3. The number of rotatable bonds is 5. The van der Waals surface area contributed by atoms with Crippen LogP contribution in [0.1, 0.15) is 15.9 Å². The van der Waals surface area contributed by atoms with Crippen molar-refractivity contribution in [3.63, 3.8) is 0 Å². The van der Waals surface area contributed by atoms with Crippen LogP contribution in [0, 0.1) is 5.82 Å². The molecular weight excluding hydrogens is 343 g/mol. The van der Waals surface area contributed by atoms with Crippen molar-refractivity contribution in [2.75, 3.05) is 5.32 Å². The third kappa shape index (κ3) is 4.55. The lowest BCUT2D eigenvalue weighted by molar-refractivity contribution is 0.102. The van der Waals surface area contributed by atoms with Crippen LogP contribution in [0.5, 0.6) is 5.75 Å². The van der Waals surface area contributed by atoms with Gasteiger partial charge in [0.05, 0.1) is 10.6 Å². The summed E-state index contributed by atoms with van der Waals surface area (Å²) >= 11 is 5.78. The third-order valence-electron chi connectivity index (χ3n) is 3.41. The first-order valence-corrected chi connectivity index (χ1v) is 7.89. The summed E-state index contributed by atoms with van der Waals surface area (Å²) < 4.78 is 18.7. The first kappa shape index (κ1) is 16.9. The van der Waals surface area contributed by atoms with Gasteiger partial charge in [-0.15, -0.1) is 0 Å². The summed E-state index contributed by atoms with van der Waals surface area (Å²) in [5.74, 6) is 0.171. The number of hydrogen-bond donors (Lipinski definition) is 1. The Balaban J connectivity index is 1.72. The van der Waals surface area contributed by atoms with E-state index in [9.17, 15) is 9.18 Å². The van der Waals surface area contributed by atoms with Gasteiger partial charge in [0.15, 0.2) is 0 Å². The number of halogens is 2. The van der Waals surface area contributed by atoms with Crippen LogP contribution in [0.4, 0.5) is 10.2 Å². The van der Waals surface area contributed by atoms with Crippen LogP contribution in [0.25, 0.3) is 0 Å². The standard InChI is InChI=1S/C19H14ClFN2O2/c20-14-7-10-18(22-11-14)23-19(24)16-3-1-2-4-17(16)25-12-13-5-8-15(21)9-6-13/h1-11H,12H2,(H,22,23,24). The van der Waals surface area contributed by atoms with Crippen molar-refractivity contribution in [1.29, 1.82) is 0 Å². The fourth-order valence-corrected chi connectivity index (χ4v) is 2.27. The van der Waals surface area contributed by atoms with E-state index in [4.69, 9.17) is 16.3 Å². The fourth-order valence-electron chi connectivity index (χ4n) is 2.16. The number of nitrogens with one attached hydrogen (secondary N) is 1.